The molecule has 0 aromatic carbocycles. The monoisotopic (exact) mass is 319 g/mol. The van der Waals surface area contributed by atoms with Crippen molar-refractivity contribution in [3.63, 3.8) is 0 Å². The van der Waals surface area contributed by atoms with Gasteiger partial charge >= 0.3 is 0 Å². The minimum atomic E-state index is 0.0125. The predicted molar refractivity (Wildman–Crippen MR) is 79.5 cm³/mol. The molecule has 0 radical (unpaired) electrons. The third-order valence-electron chi connectivity index (χ3n) is 2.32. The van der Waals surface area contributed by atoms with Crippen molar-refractivity contribution < 1.29 is 0 Å². The van der Waals surface area contributed by atoms with E-state index in [0.717, 1.165) is 15.9 Å². The lowest BCUT2D eigenvalue weighted by Gasteiger charge is -2.22. The van der Waals surface area contributed by atoms with E-state index in [9.17, 15) is 0 Å². The Morgan fingerprint density at radius 3 is 2.53 bits per heavy atom. The highest BCUT2D eigenvalue weighted by Gasteiger charge is 2.20. The van der Waals surface area contributed by atoms with Gasteiger partial charge in [0, 0.05) is 16.5 Å². The van der Waals surface area contributed by atoms with E-state index in [1.165, 1.54) is 0 Å². The fraction of sp³-hybridized carbons (Fsp3) is 0.750. The molecule has 3 nitrogen and oxygen atoms in total. The summed E-state index contributed by atoms with van der Waals surface area (Å²) < 4.78 is 3.25. The van der Waals surface area contributed by atoms with Gasteiger partial charge in [-0.05, 0) is 29.8 Å². The van der Waals surface area contributed by atoms with Crippen LogP contribution in [0.5, 0.6) is 0 Å². The predicted octanol–water partition coefficient (Wildman–Crippen LogP) is 3.76. The van der Waals surface area contributed by atoms with E-state index < -0.39 is 0 Å². The first kappa shape index (κ1) is 15.1. The maximum atomic E-state index is 6.27. The summed E-state index contributed by atoms with van der Waals surface area (Å²) in [5, 5.41) is 4.36. The number of rotatable bonds is 4. The standard InChI is InChI=1S/C12H22BrN3S/c1-8(2)16-11(9(13)6-15-16)10(14)7-17-12(3,4)5/h6,8,10H,7,14H2,1-5H3. The molecule has 0 aliphatic heterocycles. The minimum Gasteiger partial charge on any atom is -0.322 e. The Balaban J connectivity index is 2.81. The van der Waals surface area contributed by atoms with Gasteiger partial charge in [0.05, 0.1) is 22.4 Å². The number of halogens is 1. The SMILES string of the molecule is CC(C)n1ncc(Br)c1C(N)CSC(C)(C)C. The normalized spacial score (nSPS) is 14.4. The van der Waals surface area contributed by atoms with Crippen molar-refractivity contribution in [2.24, 2.45) is 5.73 Å². The van der Waals surface area contributed by atoms with Crippen molar-refractivity contribution >= 4 is 27.7 Å². The van der Waals surface area contributed by atoms with E-state index in [1.807, 2.05) is 22.6 Å². The number of nitrogens with two attached hydrogens (primary N) is 1. The Bertz CT molecular complexity index is 368. The average Bonchev–Trinajstić information content (AvgIpc) is 2.55. The fourth-order valence-electron chi connectivity index (χ4n) is 1.53. The average molecular weight is 320 g/mol. The molecule has 1 unspecified atom stereocenters. The van der Waals surface area contributed by atoms with Gasteiger partial charge in [0.15, 0.2) is 0 Å². The Hall–Kier alpha value is -0.0000000000000000555. The van der Waals surface area contributed by atoms with Gasteiger partial charge in [-0.15, -0.1) is 0 Å². The summed E-state index contributed by atoms with van der Waals surface area (Å²) >= 11 is 5.42. The number of aromatic nitrogens is 2. The van der Waals surface area contributed by atoms with E-state index in [0.29, 0.717) is 6.04 Å². The quantitative estimate of drug-likeness (QED) is 0.919. The van der Waals surface area contributed by atoms with Crippen LogP contribution in [0.4, 0.5) is 0 Å². The van der Waals surface area contributed by atoms with E-state index >= 15 is 0 Å². The fourth-order valence-corrected chi connectivity index (χ4v) is 2.93. The smallest absolute Gasteiger partial charge is 0.0704 e. The van der Waals surface area contributed by atoms with Gasteiger partial charge < -0.3 is 5.73 Å². The van der Waals surface area contributed by atoms with E-state index in [4.69, 9.17) is 5.73 Å². The van der Waals surface area contributed by atoms with Crippen molar-refractivity contribution in [2.75, 3.05) is 5.75 Å². The van der Waals surface area contributed by atoms with Crippen LogP contribution in [0.25, 0.3) is 0 Å². The molecule has 17 heavy (non-hydrogen) atoms. The van der Waals surface area contributed by atoms with Crippen LogP contribution in [-0.2, 0) is 0 Å². The van der Waals surface area contributed by atoms with Gasteiger partial charge in [0.2, 0.25) is 0 Å². The van der Waals surface area contributed by atoms with Gasteiger partial charge in [-0.1, -0.05) is 20.8 Å². The van der Waals surface area contributed by atoms with Crippen molar-refractivity contribution in [3.05, 3.63) is 16.4 Å². The molecule has 1 heterocycles. The molecule has 0 aliphatic rings. The summed E-state index contributed by atoms with van der Waals surface area (Å²) in [4.78, 5) is 0. The minimum absolute atomic E-state index is 0.0125. The van der Waals surface area contributed by atoms with Crippen LogP contribution in [0.3, 0.4) is 0 Å². The molecule has 0 amide bonds. The molecule has 0 saturated heterocycles. The maximum absolute atomic E-state index is 6.27. The second kappa shape index (κ2) is 5.76. The highest BCUT2D eigenvalue weighted by Crippen LogP contribution is 2.31. The van der Waals surface area contributed by atoms with Crippen LogP contribution < -0.4 is 5.73 Å². The van der Waals surface area contributed by atoms with Crippen molar-refractivity contribution in [1.82, 2.24) is 9.78 Å². The first-order valence-electron chi connectivity index (χ1n) is 5.85. The highest BCUT2D eigenvalue weighted by molar-refractivity contribution is 9.10. The Kier molecular flexibility index (Phi) is 5.10. The summed E-state index contributed by atoms with van der Waals surface area (Å²) in [5.41, 5.74) is 7.37. The van der Waals surface area contributed by atoms with Crippen molar-refractivity contribution in [1.29, 1.82) is 0 Å². The third-order valence-corrected chi connectivity index (χ3v) is 4.33. The first-order valence-corrected chi connectivity index (χ1v) is 7.62. The van der Waals surface area contributed by atoms with Crippen LogP contribution in [0.1, 0.15) is 52.4 Å². The molecular formula is C12H22BrN3S. The molecule has 1 rings (SSSR count). The van der Waals surface area contributed by atoms with Gasteiger partial charge in [-0.2, -0.15) is 16.9 Å². The largest absolute Gasteiger partial charge is 0.322 e. The van der Waals surface area contributed by atoms with Crippen LogP contribution in [-0.4, -0.2) is 20.3 Å². The zero-order valence-corrected chi connectivity index (χ0v) is 13.6. The molecule has 5 heteroatoms. The Morgan fingerprint density at radius 1 is 1.47 bits per heavy atom. The topological polar surface area (TPSA) is 43.8 Å². The summed E-state index contributed by atoms with van der Waals surface area (Å²) in [7, 11) is 0. The second-order valence-electron chi connectivity index (χ2n) is 5.45. The van der Waals surface area contributed by atoms with Gasteiger partial charge in [0.25, 0.3) is 0 Å². The molecule has 2 N–H and O–H groups in total. The van der Waals surface area contributed by atoms with Crippen LogP contribution in [0, 0.1) is 0 Å². The Morgan fingerprint density at radius 2 is 2.06 bits per heavy atom. The van der Waals surface area contributed by atoms with Crippen molar-refractivity contribution in [2.45, 2.75) is 51.4 Å². The van der Waals surface area contributed by atoms with E-state index in [2.05, 4.69) is 55.6 Å². The Labute approximate surface area is 117 Å². The van der Waals surface area contributed by atoms with Gasteiger partial charge in [-0.25, -0.2) is 0 Å². The third kappa shape index (κ3) is 4.30. The van der Waals surface area contributed by atoms with Crippen LogP contribution in [0.15, 0.2) is 10.7 Å². The first-order chi connectivity index (χ1) is 7.72. The van der Waals surface area contributed by atoms with Gasteiger partial charge in [0.1, 0.15) is 0 Å². The van der Waals surface area contributed by atoms with Crippen LogP contribution >= 0.6 is 27.7 Å². The van der Waals surface area contributed by atoms with Crippen LogP contribution in [0.2, 0.25) is 0 Å². The molecular weight excluding hydrogens is 298 g/mol. The van der Waals surface area contributed by atoms with Crippen molar-refractivity contribution in [3.8, 4) is 0 Å². The van der Waals surface area contributed by atoms with Gasteiger partial charge in [-0.3, -0.25) is 4.68 Å². The molecule has 0 spiro atoms. The summed E-state index contributed by atoms with van der Waals surface area (Å²) in [6, 6.07) is 0.348. The molecule has 98 valence electrons. The number of hydrogen-bond acceptors (Lipinski definition) is 3. The second-order valence-corrected chi connectivity index (χ2v) is 8.15. The lowest BCUT2D eigenvalue weighted by molar-refractivity contribution is 0.494. The van der Waals surface area contributed by atoms with E-state index in [-0.39, 0.29) is 10.8 Å². The summed E-state index contributed by atoms with van der Waals surface area (Å²) in [6.07, 6.45) is 1.83. The molecule has 0 saturated carbocycles. The maximum Gasteiger partial charge on any atom is 0.0704 e. The molecule has 0 fully saturated rings. The number of nitrogens with zero attached hydrogens (tertiary/aromatic N) is 2. The lowest BCUT2D eigenvalue weighted by Crippen LogP contribution is -2.22. The zero-order valence-electron chi connectivity index (χ0n) is 11.2. The lowest BCUT2D eigenvalue weighted by atomic mass is 10.2. The summed E-state index contributed by atoms with van der Waals surface area (Å²) in [5.74, 6) is 0.903. The molecule has 1 aromatic heterocycles. The summed E-state index contributed by atoms with van der Waals surface area (Å²) in [6.45, 7) is 10.9. The highest BCUT2D eigenvalue weighted by atomic mass is 79.9. The number of hydrogen-bond donors (Lipinski definition) is 1. The molecule has 0 bridgehead atoms. The zero-order chi connectivity index (χ0) is 13.2. The molecule has 0 aliphatic carbocycles. The molecule has 1 atom stereocenters. The molecule has 1 aromatic rings. The van der Waals surface area contributed by atoms with E-state index in [1.54, 1.807) is 0 Å². The number of thioether (sulfide) groups is 1.